The number of hydrogen-bond donors (Lipinski definition) is 1. The summed E-state index contributed by atoms with van der Waals surface area (Å²) in [6.07, 6.45) is 37.8. The summed E-state index contributed by atoms with van der Waals surface area (Å²) in [5.41, 5.74) is 0. The lowest BCUT2D eigenvalue weighted by atomic mass is 9.99. The fourth-order valence-corrected chi connectivity index (χ4v) is 5.75. The van der Waals surface area contributed by atoms with E-state index in [9.17, 15) is 19.5 Å². The first-order valence-electron chi connectivity index (χ1n) is 20.2. The van der Waals surface area contributed by atoms with Crippen molar-refractivity contribution in [3.8, 4) is 0 Å². The van der Waals surface area contributed by atoms with Gasteiger partial charge in [0.1, 0.15) is 6.61 Å². The minimum atomic E-state index is -0.798. The molecule has 0 bridgehead atoms. The third kappa shape index (κ3) is 33.9. The highest BCUT2D eigenvalue weighted by Crippen LogP contribution is 2.16. The summed E-state index contributed by atoms with van der Waals surface area (Å²) in [6.45, 7) is 6.35. The van der Waals surface area contributed by atoms with Crippen LogP contribution in [-0.4, -0.2) is 42.1 Å². The summed E-state index contributed by atoms with van der Waals surface area (Å²) < 4.78 is 10.6. The minimum absolute atomic E-state index is 0.0883. The Morgan fingerprint density at radius 3 is 1.65 bits per heavy atom. The molecule has 1 N–H and O–H groups in total. The standard InChI is InChI=1S/C42H76O6/c1-4-6-26-32-39(44)33-28-23-19-15-13-17-21-25-30-35-42(46)48-40(36-43)37-47-41(45)34-29-24-20-16-12-10-8-7-9-11-14-18-22-27-31-38(3)5-2/h19,23,28,33,38,40,43H,4-18,20-22,24-27,29-32,34-37H2,1-3H3/b23-19-,33-28+/t38?,40-/m0/s1. The number of hydrogen-bond acceptors (Lipinski definition) is 6. The Kier molecular flexibility index (Phi) is 34.9. The molecule has 6 nitrogen and oxygen atoms in total. The van der Waals surface area contributed by atoms with Gasteiger partial charge < -0.3 is 14.6 Å². The summed E-state index contributed by atoms with van der Waals surface area (Å²) in [7, 11) is 0. The lowest BCUT2D eigenvalue weighted by molar-refractivity contribution is -0.161. The minimum Gasteiger partial charge on any atom is -0.462 e. The Labute approximate surface area is 296 Å². The van der Waals surface area contributed by atoms with Crippen LogP contribution in [0.4, 0.5) is 0 Å². The second-order valence-electron chi connectivity index (χ2n) is 14.0. The van der Waals surface area contributed by atoms with Crippen LogP contribution >= 0.6 is 0 Å². The third-order valence-corrected chi connectivity index (χ3v) is 9.26. The van der Waals surface area contributed by atoms with Gasteiger partial charge in [0.15, 0.2) is 11.9 Å². The van der Waals surface area contributed by atoms with Gasteiger partial charge in [-0.15, -0.1) is 0 Å². The van der Waals surface area contributed by atoms with E-state index in [0.717, 1.165) is 83.0 Å². The van der Waals surface area contributed by atoms with Crippen molar-refractivity contribution in [3.63, 3.8) is 0 Å². The van der Waals surface area contributed by atoms with Gasteiger partial charge in [0, 0.05) is 19.3 Å². The molecular formula is C42H76O6. The molecule has 0 amide bonds. The fraction of sp³-hybridized carbons (Fsp3) is 0.833. The van der Waals surface area contributed by atoms with Crippen LogP contribution in [0.5, 0.6) is 0 Å². The van der Waals surface area contributed by atoms with E-state index >= 15 is 0 Å². The Hall–Kier alpha value is -1.95. The molecule has 0 spiro atoms. The van der Waals surface area contributed by atoms with Gasteiger partial charge in [-0.2, -0.15) is 0 Å². The van der Waals surface area contributed by atoms with Crippen molar-refractivity contribution >= 4 is 17.7 Å². The fourth-order valence-electron chi connectivity index (χ4n) is 5.75. The maximum Gasteiger partial charge on any atom is 0.306 e. The number of aliphatic hydroxyl groups is 1. The molecule has 0 radical (unpaired) electrons. The number of rotatable bonds is 36. The van der Waals surface area contributed by atoms with Gasteiger partial charge in [0.05, 0.1) is 6.61 Å². The average molecular weight is 677 g/mol. The van der Waals surface area contributed by atoms with Crippen LogP contribution in [-0.2, 0) is 23.9 Å². The summed E-state index contributed by atoms with van der Waals surface area (Å²) in [5, 5.41) is 9.55. The summed E-state index contributed by atoms with van der Waals surface area (Å²) in [5.74, 6) is 0.449. The van der Waals surface area contributed by atoms with Gasteiger partial charge in [-0.3, -0.25) is 14.4 Å². The van der Waals surface area contributed by atoms with E-state index in [2.05, 4.69) is 26.8 Å². The zero-order chi connectivity index (χ0) is 35.3. The highest BCUT2D eigenvalue weighted by molar-refractivity contribution is 5.89. The maximum absolute atomic E-state index is 12.2. The van der Waals surface area contributed by atoms with E-state index in [4.69, 9.17) is 9.47 Å². The van der Waals surface area contributed by atoms with Crippen molar-refractivity contribution in [1.82, 2.24) is 0 Å². The van der Waals surface area contributed by atoms with Crippen LogP contribution in [0.1, 0.15) is 201 Å². The Balaban J connectivity index is 3.59. The highest BCUT2D eigenvalue weighted by atomic mass is 16.6. The number of aliphatic hydroxyl groups excluding tert-OH is 1. The number of ether oxygens (including phenoxy) is 2. The first-order valence-corrected chi connectivity index (χ1v) is 20.2. The van der Waals surface area contributed by atoms with Crippen molar-refractivity contribution in [2.75, 3.05) is 13.2 Å². The first-order chi connectivity index (χ1) is 23.4. The monoisotopic (exact) mass is 677 g/mol. The molecule has 0 aliphatic heterocycles. The number of esters is 2. The SMILES string of the molecule is CCCCCC(=O)/C=C/C=C\CCCCCCCC(=O)O[C@@H](CO)COC(=O)CCCCCCCCCCCCCCCCC(C)CC. The molecule has 2 atom stereocenters. The topological polar surface area (TPSA) is 89.9 Å². The predicted octanol–water partition coefficient (Wildman–Crippen LogP) is 11.7. The normalized spacial score (nSPS) is 12.9. The quantitative estimate of drug-likeness (QED) is 0.0307. The van der Waals surface area contributed by atoms with Crippen molar-refractivity contribution < 1.29 is 29.0 Å². The number of carbonyl (C=O) groups excluding carboxylic acids is 3. The van der Waals surface area contributed by atoms with Crippen LogP contribution in [0, 0.1) is 5.92 Å². The van der Waals surface area contributed by atoms with Gasteiger partial charge in [-0.05, 0) is 44.1 Å². The summed E-state index contributed by atoms with van der Waals surface area (Å²) in [6, 6.07) is 0. The third-order valence-electron chi connectivity index (χ3n) is 9.26. The molecule has 0 saturated heterocycles. The average Bonchev–Trinajstić information content (AvgIpc) is 3.08. The van der Waals surface area contributed by atoms with Gasteiger partial charge in [-0.25, -0.2) is 0 Å². The number of unbranched alkanes of at least 4 members (excludes halogenated alkanes) is 20. The first kappa shape index (κ1) is 46.0. The Bertz CT molecular complexity index is 804. The zero-order valence-corrected chi connectivity index (χ0v) is 31.7. The second kappa shape index (κ2) is 36.3. The van der Waals surface area contributed by atoms with Gasteiger partial charge >= 0.3 is 11.9 Å². The van der Waals surface area contributed by atoms with Crippen molar-refractivity contribution in [2.24, 2.45) is 5.92 Å². The second-order valence-corrected chi connectivity index (χ2v) is 14.0. The van der Waals surface area contributed by atoms with Crippen LogP contribution in [0.2, 0.25) is 0 Å². The number of ketones is 1. The smallest absolute Gasteiger partial charge is 0.306 e. The highest BCUT2D eigenvalue weighted by Gasteiger charge is 2.16. The van der Waals surface area contributed by atoms with Crippen molar-refractivity contribution in [2.45, 2.75) is 207 Å². The van der Waals surface area contributed by atoms with E-state index in [1.165, 1.54) is 83.5 Å². The molecule has 280 valence electrons. The lowest BCUT2D eigenvalue weighted by Crippen LogP contribution is -2.28. The van der Waals surface area contributed by atoms with E-state index in [-0.39, 0.29) is 30.9 Å². The molecule has 48 heavy (non-hydrogen) atoms. The molecular weight excluding hydrogens is 600 g/mol. The molecule has 0 aromatic heterocycles. The van der Waals surface area contributed by atoms with Gasteiger partial charge in [0.25, 0.3) is 0 Å². The number of carbonyl (C=O) groups is 3. The molecule has 1 unspecified atom stereocenters. The predicted molar refractivity (Wildman–Crippen MR) is 201 cm³/mol. The summed E-state index contributed by atoms with van der Waals surface area (Å²) >= 11 is 0. The molecule has 0 aromatic carbocycles. The zero-order valence-electron chi connectivity index (χ0n) is 31.7. The number of allylic oxidation sites excluding steroid dienone is 4. The molecule has 0 saturated carbocycles. The largest absolute Gasteiger partial charge is 0.462 e. The van der Waals surface area contributed by atoms with Crippen molar-refractivity contribution in [3.05, 3.63) is 24.3 Å². The lowest BCUT2D eigenvalue weighted by Gasteiger charge is -2.15. The van der Waals surface area contributed by atoms with Crippen LogP contribution in [0.25, 0.3) is 0 Å². The van der Waals surface area contributed by atoms with E-state index in [1.807, 2.05) is 12.2 Å². The van der Waals surface area contributed by atoms with Gasteiger partial charge in [0.2, 0.25) is 0 Å². The molecule has 0 heterocycles. The molecule has 6 heteroatoms. The molecule has 0 aliphatic rings. The van der Waals surface area contributed by atoms with E-state index in [0.29, 0.717) is 19.3 Å². The maximum atomic E-state index is 12.2. The van der Waals surface area contributed by atoms with Crippen LogP contribution in [0.15, 0.2) is 24.3 Å². The molecule has 0 aliphatic carbocycles. The van der Waals surface area contributed by atoms with E-state index < -0.39 is 6.10 Å². The molecule has 0 fully saturated rings. The van der Waals surface area contributed by atoms with E-state index in [1.54, 1.807) is 6.08 Å². The molecule has 0 aromatic rings. The van der Waals surface area contributed by atoms with Crippen molar-refractivity contribution in [1.29, 1.82) is 0 Å². The molecule has 0 rings (SSSR count). The van der Waals surface area contributed by atoms with Gasteiger partial charge in [-0.1, -0.05) is 167 Å². The Morgan fingerprint density at radius 1 is 0.604 bits per heavy atom. The summed E-state index contributed by atoms with van der Waals surface area (Å²) in [4.78, 5) is 35.9. The van der Waals surface area contributed by atoms with Crippen LogP contribution < -0.4 is 0 Å². The Morgan fingerprint density at radius 2 is 1.10 bits per heavy atom. The van der Waals surface area contributed by atoms with Crippen LogP contribution in [0.3, 0.4) is 0 Å².